The summed E-state index contributed by atoms with van der Waals surface area (Å²) in [7, 11) is -8.27. The lowest BCUT2D eigenvalue weighted by Gasteiger charge is -2.29. The molecule has 0 aliphatic carbocycles. The number of carbonyl (C=O) groups excluding carboxylic acids is 6. The number of ether oxygens (including phenoxy) is 3. The first-order chi connectivity index (χ1) is 49.6. The minimum atomic E-state index is -6.05. The SMILES string of the molecule is C#Cc1cnc([C@@H]2CCCN2C(=O)[C@@H](NC(=O)OC)C(C)C)[nH]1.COC(=O)N[C@H](C(=O)N1CCC[C@H]1c1ncc(C#Cc2cccc3c(C#Cc4cnc([C@@H]5CCCN5C(=O)[C@@H](NC(=O)OC)C(C)C)[nH]4)cccc23)[nH]1)C(C)C.O=S(=O)(Oc1cccc2c(OS(=O)(=O)C(F)(F)F)cccc12)C(F)(F)F. The van der Waals surface area contributed by atoms with Gasteiger partial charge in [0, 0.05) is 41.5 Å². The van der Waals surface area contributed by atoms with E-state index in [1.807, 2.05) is 77.9 Å². The number of hydrogen-bond donors (Lipinski definition) is 6. The Morgan fingerprint density at radius 1 is 0.476 bits per heavy atom. The maximum absolute atomic E-state index is 13.5. The number of carbonyl (C=O) groups is 6. The number of H-pyrrole nitrogens is 3. The van der Waals surface area contributed by atoms with Crippen LogP contribution >= 0.6 is 0 Å². The second-order valence-corrected chi connectivity index (χ2v) is 28.2. The number of alkyl halides is 6. The van der Waals surface area contributed by atoms with E-state index in [9.17, 15) is 71.9 Å². The first kappa shape index (κ1) is 79.7. The van der Waals surface area contributed by atoms with E-state index < -0.39 is 89.9 Å². The molecule has 35 heteroatoms. The molecule has 0 spiro atoms. The van der Waals surface area contributed by atoms with Gasteiger partial charge in [-0.05, 0) is 103 Å². The van der Waals surface area contributed by atoms with E-state index >= 15 is 0 Å². The third kappa shape index (κ3) is 19.3. The molecule has 27 nitrogen and oxygen atoms in total. The van der Waals surface area contributed by atoms with Gasteiger partial charge in [0.05, 0.1) is 58.0 Å². The molecule has 3 aromatic heterocycles. The molecule has 0 unspecified atom stereocenters. The fourth-order valence-corrected chi connectivity index (χ4v) is 12.8. The van der Waals surface area contributed by atoms with E-state index in [0.717, 1.165) is 96.8 Å². The molecule has 6 heterocycles. The van der Waals surface area contributed by atoms with Crippen molar-refractivity contribution >= 4 is 77.8 Å². The first-order valence-corrected chi connectivity index (χ1v) is 35.6. The molecule has 3 saturated heterocycles. The van der Waals surface area contributed by atoms with Crippen LogP contribution in [0, 0.1) is 53.8 Å². The van der Waals surface area contributed by atoms with Gasteiger partial charge in [-0.3, -0.25) is 14.4 Å². The number of benzene rings is 4. The topological polar surface area (TPSA) is 349 Å². The molecule has 6 amide bonds. The van der Waals surface area contributed by atoms with Crippen LogP contribution < -0.4 is 24.3 Å². The number of terminal acetylenes is 1. The third-order valence-corrected chi connectivity index (χ3v) is 19.0. The number of hydrogen-bond acceptors (Lipinski definition) is 18. The third-order valence-electron chi connectivity index (χ3n) is 17.1. The van der Waals surface area contributed by atoms with Crippen molar-refractivity contribution in [1.29, 1.82) is 0 Å². The molecule has 10 rings (SSSR count). The number of nitrogens with zero attached hydrogens (tertiary/aromatic N) is 6. The second kappa shape index (κ2) is 34.1. The van der Waals surface area contributed by atoms with Gasteiger partial charge in [-0.1, -0.05) is 108 Å². The number of alkyl carbamates (subject to hydrolysis) is 3. The Morgan fingerprint density at radius 2 is 0.771 bits per heavy atom. The molecule has 105 heavy (non-hydrogen) atoms. The van der Waals surface area contributed by atoms with Gasteiger partial charge < -0.3 is 68.2 Å². The normalized spacial score (nSPS) is 16.8. The monoisotopic (exact) mass is 1500 g/mol. The first-order valence-electron chi connectivity index (χ1n) is 32.8. The molecule has 0 radical (unpaired) electrons. The number of methoxy groups -OCH3 is 3. The standard InChI is InChI=1S/C42H48N8O6.C16H22N4O3.C12H6F6O6S2/c1-25(2)35(47-41(53)55-5)39(51)49-21-9-15-33(49)37-43-23-29(45-37)19-17-27-11-7-14-32-28(12-8-13-31(27)32)18-20-30-24-44-38(46-30)34-16-10-22-50(34)40(52)36(26(3)4)48-42(54)56-6;1-5-11-9-17-14(18-11)12-7-6-8-20(12)15(21)13(10(2)3)19-16(22)23-4;13-11(14,15)25(19,20)23-9-5-1-3-7-8(9)4-2-6-10(7)24-26(21,22)12(16,17)18/h7-8,11-14,23-26,33-36H,9-10,15-16,21-22H2,1-6H3,(H,43,45)(H,44,46)(H,47,53)(H,48,54);1,9-10,12-13H,6-8H2,2-4H3,(H,17,18)(H,19,22);1-6H/t33-,34-,35-,36-;12-,13-;/m00./s1. The van der Waals surface area contributed by atoms with Crippen LogP contribution in [-0.2, 0) is 48.8 Å². The van der Waals surface area contributed by atoms with Crippen LogP contribution in [0.1, 0.15) is 144 Å². The summed E-state index contributed by atoms with van der Waals surface area (Å²) in [5.41, 5.74) is -8.01. The number of halogens is 6. The van der Waals surface area contributed by atoms with Gasteiger partial charge in [0.1, 0.15) is 52.7 Å². The lowest BCUT2D eigenvalue weighted by atomic mass is 10.0. The summed E-state index contributed by atoms with van der Waals surface area (Å²) in [6.45, 7) is 13.1. The fourth-order valence-electron chi connectivity index (χ4n) is 11.8. The molecular formula is C70H76F6N12O15S2. The smallest absolute Gasteiger partial charge is 0.453 e. The van der Waals surface area contributed by atoms with Crippen molar-refractivity contribution in [2.24, 2.45) is 17.8 Å². The molecular weight excluding hydrogens is 1430 g/mol. The summed E-state index contributed by atoms with van der Waals surface area (Å²) in [6, 6.07) is 14.6. The van der Waals surface area contributed by atoms with Crippen molar-refractivity contribution in [2.75, 3.05) is 41.0 Å². The van der Waals surface area contributed by atoms with Crippen LogP contribution in [0.15, 0.2) is 91.4 Å². The maximum Gasteiger partial charge on any atom is 0.534 e. The quantitative estimate of drug-likeness (QED) is 0.0172. The van der Waals surface area contributed by atoms with E-state index in [1.54, 1.807) is 33.3 Å². The van der Waals surface area contributed by atoms with E-state index in [0.29, 0.717) is 54.2 Å². The number of likely N-dealkylation sites (tertiary alicyclic amines) is 3. The zero-order chi connectivity index (χ0) is 76.9. The summed E-state index contributed by atoms with van der Waals surface area (Å²) in [5.74, 6) is 15.0. The highest BCUT2D eigenvalue weighted by Crippen LogP contribution is 2.39. The predicted octanol–water partition coefficient (Wildman–Crippen LogP) is 9.91. The molecule has 3 aliphatic rings. The number of nitrogens with one attached hydrogen (secondary N) is 6. The van der Waals surface area contributed by atoms with Gasteiger partial charge in [-0.25, -0.2) is 29.3 Å². The summed E-state index contributed by atoms with van der Waals surface area (Å²) in [5, 5.41) is 9.02. The van der Waals surface area contributed by atoms with Crippen molar-refractivity contribution in [1.82, 2.24) is 60.6 Å². The average Bonchev–Trinajstić information content (AvgIpc) is 1.76. The van der Waals surface area contributed by atoms with Crippen LogP contribution in [0.2, 0.25) is 0 Å². The highest BCUT2D eigenvalue weighted by atomic mass is 32.2. The van der Waals surface area contributed by atoms with Gasteiger partial charge >= 0.3 is 49.5 Å². The highest BCUT2D eigenvalue weighted by Gasteiger charge is 2.50. The minimum Gasteiger partial charge on any atom is -0.453 e. The van der Waals surface area contributed by atoms with Crippen LogP contribution in [0.5, 0.6) is 11.5 Å². The lowest BCUT2D eigenvalue weighted by Crippen LogP contribution is -2.51. The number of aromatic nitrogens is 6. The second-order valence-electron chi connectivity index (χ2n) is 25.1. The molecule has 3 fully saturated rings. The molecule has 6 N–H and O–H groups in total. The van der Waals surface area contributed by atoms with E-state index in [2.05, 4.69) is 88.6 Å². The Hall–Kier alpha value is -11.0. The Kier molecular flexibility index (Phi) is 25.9. The van der Waals surface area contributed by atoms with Crippen molar-refractivity contribution < 1.29 is 94.5 Å². The number of aromatic amines is 3. The molecule has 7 aromatic rings. The van der Waals surface area contributed by atoms with E-state index in [4.69, 9.17) is 15.9 Å². The number of imidazole rings is 3. The van der Waals surface area contributed by atoms with Crippen molar-refractivity contribution in [3.8, 4) is 47.5 Å². The highest BCUT2D eigenvalue weighted by molar-refractivity contribution is 7.88. The van der Waals surface area contributed by atoms with Crippen molar-refractivity contribution in [3.63, 3.8) is 0 Å². The molecule has 0 bridgehead atoms. The lowest BCUT2D eigenvalue weighted by molar-refractivity contribution is -0.136. The van der Waals surface area contributed by atoms with Gasteiger partial charge in [0.2, 0.25) is 17.7 Å². The Morgan fingerprint density at radius 3 is 1.06 bits per heavy atom. The van der Waals surface area contributed by atoms with Gasteiger partial charge in [-0.2, -0.15) is 43.2 Å². The van der Waals surface area contributed by atoms with Crippen molar-refractivity contribution in [2.45, 2.75) is 127 Å². The molecule has 4 aromatic carbocycles. The largest absolute Gasteiger partial charge is 0.534 e. The van der Waals surface area contributed by atoms with Crippen LogP contribution in [0.4, 0.5) is 40.7 Å². The number of rotatable bonds is 16. The van der Waals surface area contributed by atoms with Gasteiger partial charge in [0.15, 0.2) is 11.5 Å². The molecule has 0 saturated carbocycles. The average molecular weight is 1500 g/mol. The summed E-state index contributed by atoms with van der Waals surface area (Å²) in [4.78, 5) is 104. The maximum atomic E-state index is 13.5. The molecule has 6 atom stereocenters. The Balaban J connectivity index is 0.000000234. The van der Waals surface area contributed by atoms with Crippen LogP contribution in [0.3, 0.4) is 0 Å². The van der Waals surface area contributed by atoms with Crippen LogP contribution in [-0.4, -0.2) is 168 Å². The fraction of sp³-hybridized carbons (Fsp3) is 0.414. The van der Waals surface area contributed by atoms with Crippen LogP contribution in [0.25, 0.3) is 21.5 Å². The molecule has 3 aliphatic heterocycles. The van der Waals surface area contributed by atoms with E-state index in [1.165, 1.54) is 21.3 Å². The van der Waals surface area contributed by atoms with Crippen molar-refractivity contribution in [3.05, 3.63) is 137 Å². The van der Waals surface area contributed by atoms with Gasteiger partial charge in [-0.15, -0.1) is 6.42 Å². The summed E-state index contributed by atoms with van der Waals surface area (Å²) in [6.07, 6.45) is 13.2. The Labute approximate surface area is 600 Å². The van der Waals surface area contributed by atoms with E-state index in [-0.39, 0.29) is 53.6 Å². The zero-order valence-corrected chi connectivity index (χ0v) is 59.8. The number of amides is 6. The predicted molar refractivity (Wildman–Crippen MR) is 368 cm³/mol. The minimum absolute atomic E-state index is 0.0549. The summed E-state index contributed by atoms with van der Waals surface area (Å²) < 4.78 is 141. The summed E-state index contributed by atoms with van der Waals surface area (Å²) >= 11 is 0. The Bertz CT molecular complexity index is 4520. The van der Waals surface area contributed by atoms with Gasteiger partial charge in [0.25, 0.3) is 0 Å². The molecule has 560 valence electrons. The zero-order valence-electron chi connectivity index (χ0n) is 58.2. The number of fused-ring (bicyclic) bond motifs is 2.